The van der Waals surface area contributed by atoms with E-state index in [9.17, 15) is 19.7 Å². The fraction of sp³-hybridized carbons (Fsp3) is 0.133. The zero-order chi connectivity index (χ0) is 29.1. The second-order valence-electron chi connectivity index (χ2n) is 9.12. The highest BCUT2D eigenvalue weighted by molar-refractivity contribution is 8.18. The summed E-state index contributed by atoms with van der Waals surface area (Å²) in [4.78, 5) is 39.5. The number of halogens is 1. The van der Waals surface area contributed by atoms with E-state index in [2.05, 4.69) is 4.57 Å². The maximum absolute atomic E-state index is 13.0. The highest BCUT2D eigenvalue weighted by Gasteiger charge is 2.35. The Morgan fingerprint density at radius 3 is 2.32 bits per heavy atom. The maximum atomic E-state index is 13.0. The number of nitro benzene ring substituents is 1. The van der Waals surface area contributed by atoms with E-state index in [0.717, 1.165) is 44.2 Å². The molecule has 0 spiro atoms. The summed E-state index contributed by atoms with van der Waals surface area (Å²) >= 11 is 8.55. The van der Waals surface area contributed by atoms with Crippen molar-refractivity contribution in [2.45, 2.75) is 23.6 Å². The van der Waals surface area contributed by atoms with E-state index in [1.807, 2.05) is 44.2 Å². The van der Waals surface area contributed by atoms with Gasteiger partial charge in [0, 0.05) is 39.0 Å². The van der Waals surface area contributed by atoms with Gasteiger partial charge in [-0.2, -0.15) is 0 Å². The summed E-state index contributed by atoms with van der Waals surface area (Å²) in [6.45, 7) is 4.22. The molecule has 1 saturated heterocycles. The van der Waals surface area contributed by atoms with E-state index in [4.69, 9.17) is 16.3 Å². The van der Waals surface area contributed by atoms with Gasteiger partial charge in [-0.1, -0.05) is 35.5 Å². The molecule has 0 aliphatic carbocycles. The number of benzene rings is 3. The van der Waals surface area contributed by atoms with Crippen LogP contribution in [0.15, 0.2) is 93.6 Å². The van der Waals surface area contributed by atoms with Crippen LogP contribution in [-0.4, -0.2) is 38.7 Å². The van der Waals surface area contributed by atoms with Crippen LogP contribution in [0.4, 0.5) is 10.5 Å². The lowest BCUT2D eigenvalue weighted by molar-refractivity contribution is -0.384. The number of amides is 2. The van der Waals surface area contributed by atoms with Crippen LogP contribution >= 0.6 is 35.1 Å². The smallest absolute Gasteiger partial charge is 0.293 e. The third kappa shape index (κ3) is 6.35. The van der Waals surface area contributed by atoms with Crippen LogP contribution in [0, 0.1) is 24.0 Å². The topological polar surface area (TPSA) is 94.7 Å². The SMILES string of the molecule is Cc1cc(/C=C2\SC(=O)N(CCOc3ccccc3Cl)C2=O)c(C)n1-c1ccc(Sc2ccc([N+](=O)[O-])cc2)cc1. The molecule has 0 saturated carbocycles. The molecule has 0 unspecified atom stereocenters. The predicted molar refractivity (Wildman–Crippen MR) is 162 cm³/mol. The number of ether oxygens (including phenoxy) is 1. The van der Waals surface area contributed by atoms with Gasteiger partial charge in [-0.15, -0.1) is 0 Å². The lowest BCUT2D eigenvalue weighted by Crippen LogP contribution is -2.32. The Bertz CT molecular complexity index is 1670. The number of rotatable bonds is 9. The summed E-state index contributed by atoms with van der Waals surface area (Å²) in [5.74, 6) is 0.155. The van der Waals surface area contributed by atoms with Crippen LogP contribution in [0.3, 0.4) is 0 Å². The standard InChI is InChI=1S/C30H24ClN3O5S2/c1-19-17-21(18-28-29(35)32(30(36)41-28)15-16-39-27-6-4-3-5-26(27)31)20(2)33(19)22-7-11-24(12-8-22)40-25-13-9-23(10-14-25)34(37)38/h3-14,17-18H,15-16H2,1-2H3/b28-18-. The van der Waals surface area contributed by atoms with Gasteiger partial charge in [0.2, 0.25) is 0 Å². The van der Waals surface area contributed by atoms with E-state index in [-0.39, 0.29) is 30.0 Å². The largest absolute Gasteiger partial charge is 0.490 e. The molecule has 4 aromatic rings. The number of thioether (sulfide) groups is 1. The van der Waals surface area contributed by atoms with Crippen molar-refractivity contribution in [3.63, 3.8) is 0 Å². The Kier molecular flexibility index (Phi) is 8.53. The average molecular weight is 606 g/mol. The number of hydrogen-bond donors (Lipinski definition) is 0. The molecule has 5 rings (SSSR count). The predicted octanol–water partition coefficient (Wildman–Crippen LogP) is 7.92. The number of aryl methyl sites for hydroxylation is 1. The molecule has 1 fully saturated rings. The third-order valence-corrected chi connectivity index (χ3v) is 8.65. The Hall–Kier alpha value is -3.99. The molecule has 0 bridgehead atoms. The maximum Gasteiger partial charge on any atom is 0.293 e. The lowest BCUT2D eigenvalue weighted by Gasteiger charge is -2.13. The zero-order valence-corrected chi connectivity index (χ0v) is 24.5. The summed E-state index contributed by atoms with van der Waals surface area (Å²) in [5, 5.41) is 11.0. The van der Waals surface area contributed by atoms with E-state index in [1.54, 1.807) is 42.5 Å². The number of hydrogen-bond acceptors (Lipinski definition) is 7. The van der Waals surface area contributed by atoms with Gasteiger partial charge < -0.3 is 9.30 Å². The number of non-ortho nitro benzene ring substituents is 1. The number of carbonyl (C=O) groups is 2. The summed E-state index contributed by atoms with van der Waals surface area (Å²) in [7, 11) is 0. The molecule has 41 heavy (non-hydrogen) atoms. The fourth-order valence-electron chi connectivity index (χ4n) is 4.41. The molecule has 208 valence electrons. The highest BCUT2D eigenvalue weighted by Crippen LogP contribution is 2.35. The average Bonchev–Trinajstić information content (AvgIpc) is 3.38. The number of nitro groups is 1. The van der Waals surface area contributed by atoms with Crippen LogP contribution in [-0.2, 0) is 4.79 Å². The van der Waals surface area contributed by atoms with Gasteiger partial charge in [0.05, 0.1) is 21.4 Å². The number of nitrogens with zero attached hydrogens (tertiary/aromatic N) is 3. The van der Waals surface area contributed by atoms with Gasteiger partial charge in [0.1, 0.15) is 12.4 Å². The molecular weight excluding hydrogens is 582 g/mol. The van der Waals surface area contributed by atoms with Crippen molar-refractivity contribution in [2.75, 3.05) is 13.2 Å². The minimum absolute atomic E-state index is 0.0613. The first-order valence-corrected chi connectivity index (χ1v) is 14.6. The quantitative estimate of drug-likeness (QED) is 0.109. The lowest BCUT2D eigenvalue weighted by atomic mass is 10.2. The summed E-state index contributed by atoms with van der Waals surface area (Å²) < 4.78 is 7.75. The molecule has 0 atom stereocenters. The van der Waals surface area contributed by atoms with Gasteiger partial charge >= 0.3 is 0 Å². The molecule has 2 heterocycles. The van der Waals surface area contributed by atoms with Crippen molar-refractivity contribution in [3.8, 4) is 11.4 Å². The van der Waals surface area contributed by atoms with Crippen molar-refractivity contribution in [3.05, 3.63) is 116 Å². The normalized spacial score (nSPS) is 14.2. The van der Waals surface area contributed by atoms with Crippen LogP contribution in [0.1, 0.15) is 17.0 Å². The molecule has 8 nitrogen and oxygen atoms in total. The second-order valence-corrected chi connectivity index (χ2v) is 11.7. The van der Waals surface area contributed by atoms with E-state index < -0.39 is 4.92 Å². The minimum atomic E-state index is -0.413. The first-order chi connectivity index (χ1) is 19.7. The number of imide groups is 1. The van der Waals surface area contributed by atoms with Gasteiger partial charge in [-0.3, -0.25) is 24.6 Å². The second kappa shape index (κ2) is 12.3. The van der Waals surface area contributed by atoms with Crippen LogP contribution in [0.5, 0.6) is 5.75 Å². The van der Waals surface area contributed by atoms with Crippen molar-refractivity contribution >= 4 is 58.0 Å². The summed E-state index contributed by atoms with van der Waals surface area (Å²) in [5.41, 5.74) is 3.79. The minimum Gasteiger partial charge on any atom is -0.490 e. The zero-order valence-electron chi connectivity index (χ0n) is 22.1. The van der Waals surface area contributed by atoms with Crippen molar-refractivity contribution in [1.82, 2.24) is 9.47 Å². The highest BCUT2D eigenvalue weighted by atomic mass is 35.5. The first-order valence-electron chi connectivity index (χ1n) is 12.6. The fourth-order valence-corrected chi connectivity index (χ4v) is 6.27. The molecule has 1 aliphatic rings. The van der Waals surface area contributed by atoms with Gasteiger partial charge in [0.15, 0.2) is 0 Å². The third-order valence-electron chi connectivity index (χ3n) is 6.42. The molecule has 2 amide bonds. The Morgan fingerprint density at radius 1 is 1.00 bits per heavy atom. The first kappa shape index (κ1) is 28.5. The van der Waals surface area contributed by atoms with Gasteiger partial charge in [-0.25, -0.2) is 0 Å². The van der Waals surface area contributed by atoms with Crippen LogP contribution < -0.4 is 4.74 Å². The molecule has 11 heteroatoms. The monoisotopic (exact) mass is 605 g/mol. The van der Waals surface area contributed by atoms with E-state index in [1.165, 1.54) is 28.8 Å². The van der Waals surface area contributed by atoms with Crippen LogP contribution in [0.25, 0.3) is 11.8 Å². The molecule has 0 radical (unpaired) electrons. The molecule has 1 aromatic heterocycles. The number of aromatic nitrogens is 1. The Labute approximate surface area is 250 Å². The molecule has 0 N–H and O–H groups in total. The van der Waals surface area contributed by atoms with Crippen molar-refractivity contribution in [1.29, 1.82) is 0 Å². The van der Waals surface area contributed by atoms with E-state index >= 15 is 0 Å². The Balaban J connectivity index is 1.27. The van der Waals surface area contributed by atoms with Crippen molar-refractivity contribution < 1.29 is 19.2 Å². The summed E-state index contributed by atoms with van der Waals surface area (Å²) in [6, 6.07) is 23.5. The van der Waals surface area contributed by atoms with Gasteiger partial charge in [-0.05, 0) is 91.8 Å². The number of para-hydroxylation sites is 1. The molecular formula is C30H24ClN3O5S2. The molecule has 1 aliphatic heterocycles. The summed E-state index contributed by atoms with van der Waals surface area (Å²) in [6.07, 6.45) is 1.76. The van der Waals surface area contributed by atoms with E-state index in [0.29, 0.717) is 15.7 Å². The van der Waals surface area contributed by atoms with Crippen LogP contribution in [0.2, 0.25) is 5.02 Å². The number of carbonyl (C=O) groups excluding carboxylic acids is 2. The molecule has 3 aromatic carbocycles. The Morgan fingerprint density at radius 2 is 1.66 bits per heavy atom. The van der Waals surface area contributed by atoms with Crippen molar-refractivity contribution in [2.24, 2.45) is 0 Å². The van der Waals surface area contributed by atoms with Gasteiger partial charge in [0.25, 0.3) is 16.8 Å².